The summed E-state index contributed by atoms with van der Waals surface area (Å²) in [6.45, 7) is 7.73. The van der Waals surface area contributed by atoms with Crippen LogP contribution in [0, 0.1) is 0 Å². The number of hydrogen-bond donors (Lipinski definition) is 1. The van der Waals surface area contributed by atoms with Gasteiger partial charge in [-0.1, -0.05) is 12.1 Å². The van der Waals surface area contributed by atoms with Crippen molar-refractivity contribution in [3.63, 3.8) is 0 Å². The van der Waals surface area contributed by atoms with E-state index in [1.807, 2.05) is 31.0 Å². The molecule has 0 spiro atoms. The van der Waals surface area contributed by atoms with Gasteiger partial charge in [-0.2, -0.15) is 0 Å². The van der Waals surface area contributed by atoms with Crippen molar-refractivity contribution in [3.8, 4) is 5.75 Å². The fourth-order valence-electron chi connectivity index (χ4n) is 2.45. The van der Waals surface area contributed by atoms with Crippen molar-refractivity contribution < 1.29 is 4.74 Å². The minimum atomic E-state index is 0.131. The third-order valence-corrected chi connectivity index (χ3v) is 3.91. The first-order valence-electron chi connectivity index (χ1n) is 7.15. The molecule has 1 N–H and O–H groups in total. The maximum atomic E-state index is 6.09. The molecule has 1 aromatic rings. The van der Waals surface area contributed by atoms with Crippen LogP contribution in [0.3, 0.4) is 0 Å². The number of para-hydroxylation sites is 2. The van der Waals surface area contributed by atoms with E-state index in [2.05, 4.69) is 29.3 Å². The Morgan fingerprint density at radius 1 is 1.45 bits per heavy atom. The number of fused-ring (bicyclic) bond motifs is 1. The van der Waals surface area contributed by atoms with Gasteiger partial charge in [0, 0.05) is 20.1 Å². The summed E-state index contributed by atoms with van der Waals surface area (Å²) < 4.78 is 6.09. The van der Waals surface area contributed by atoms with Gasteiger partial charge in [-0.15, -0.1) is 0 Å². The van der Waals surface area contributed by atoms with Crippen LogP contribution in [0.1, 0.15) is 13.8 Å². The Bertz CT molecular complexity index is 466. The van der Waals surface area contributed by atoms with Gasteiger partial charge in [0.2, 0.25) is 0 Å². The minimum Gasteiger partial charge on any atom is -0.485 e. The van der Waals surface area contributed by atoms with Crippen molar-refractivity contribution >= 4 is 23.0 Å². The van der Waals surface area contributed by atoms with E-state index in [0.717, 1.165) is 37.0 Å². The average Bonchev–Trinajstić information content (AvgIpc) is 2.46. The largest absolute Gasteiger partial charge is 0.485 e. The predicted molar refractivity (Wildman–Crippen MR) is 87.6 cm³/mol. The molecule has 110 valence electrons. The lowest BCUT2D eigenvalue weighted by Gasteiger charge is -2.37. The molecule has 0 aromatic heterocycles. The molecular weight excluding hydrogens is 270 g/mol. The number of benzene rings is 1. The zero-order chi connectivity index (χ0) is 14.5. The molecule has 1 aliphatic rings. The number of hydrogen-bond acceptors (Lipinski definition) is 3. The first-order chi connectivity index (χ1) is 9.65. The van der Waals surface area contributed by atoms with Crippen LogP contribution in [0.4, 0.5) is 5.69 Å². The van der Waals surface area contributed by atoms with Gasteiger partial charge in [-0.25, -0.2) is 0 Å². The molecule has 5 heteroatoms. The third kappa shape index (κ3) is 3.33. The van der Waals surface area contributed by atoms with Crippen molar-refractivity contribution in [2.75, 3.05) is 38.1 Å². The molecule has 0 saturated heterocycles. The molecule has 0 unspecified atom stereocenters. The summed E-state index contributed by atoms with van der Waals surface area (Å²) in [5.41, 5.74) is 1.18. The number of thiocarbonyl (C=S) groups is 1. The predicted octanol–water partition coefficient (Wildman–Crippen LogP) is 2.10. The fourth-order valence-corrected chi connectivity index (χ4v) is 2.67. The minimum absolute atomic E-state index is 0.131. The first kappa shape index (κ1) is 14.9. The topological polar surface area (TPSA) is 27.7 Å². The van der Waals surface area contributed by atoms with Crippen LogP contribution in [0.15, 0.2) is 24.3 Å². The van der Waals surface area contributed by atoms with E-state index in [0.29, 0.717) is 0 Å². The van der Waals surface area contributed by atoms with Gasteiger partial charge in [0.1, 0.15) is 11.9 Å². The Morgan fingerprint density at radius 3 is 2.90 bits per heavy atom. The number of rotatable bonds is 4. The molecule has 0 saturated carbocycles. The number of anilines is 1. The van der Waals surface area contributed by atoms with E-state index in [1.165, 1.54) is 5.69 Å². The van der Waals surface area contributed by atoms with Crippen LogP contribution in [0.5, 0.6) is 5.75 Å². The zero-order valence-corrected chi connectivity index (χ0v) is 13.2. The molecule has 0 aliphatic carbocycles. The number of ether oxygens (including phenoxy) is 1. The molecule has 0 amide bonds. The molecule has 0 bridgehead atoms. The average molecular weight is 293 g/mol. The van der Waals surface area contributed by atoms with Gasteiger partial charge in [-0.05, 0) is 38.2 Å². The van der Waals surface area contributed by atoms with Gasteiger partial charge in [0.25, 0.3) is 0 Å². The summed E-state index contributed by atoms with van der Waals surface area (Å²) >= 11 is 5.33. The lowest BCUT2D eigenvalue weighted by Crippen LogP contribution is -2.48. The van der Waals surface area contributed by atoms with Crippen molar-refractivity contribution in [3.05, 3.63) is 24.3 Å². The van der Waals surface area contributed by atoms with E-state index in [1.54, 1.807) is 0 Å². The zero-order valence-electron chi connectivity index (χ0n) is 12.4. The second kappa shape index (κ2) is 6.79. The Kier molecular flexibility index (Phi) is 5.06. The van der Waals surface area contributed by atoms with Crippen molar-refractivity contribution in [1.29, 1.82) is 0 Å². The summed E-state index contributed by atoms with van der Waals surface area (Å²) in [5.74, 6) is 0.966. The SMILES string of the molecule is CCNC(=S)N(C)C[C@H]1CN(CC)c2ccccc2O1. The number of nitrogens with zero attached hydrogens (tertiary/aromatic N) is 2. The third-order valence-electron chi connectivity index (χ3n) is 3.46. The van der Waals surface area contributed by atoms with Gasteiger partial charge < -0.3 is 19.9 Å². The smallest absolute Gasteiger partial charge is 0.168 e. The van der Waals surface area contributed by atoms with Crippen LogP contribution >= 0.6 is 12.2 Å². The molecule has 0 fully saturated rings. The molecule has 4 nitrogen and oxygen atoms in total. The van der Waals surface area contributed by atoms with E-state index >= 15 is 0 Å². The highest BCUT2D eigenvalue weighted by atomic mass is 32.1. The highest BCUT2D eigenvalue weighted by Crippen LogP contribution is 2.32. The Balaban J connectivity index is 2.04. The normalized spacial score (nSPS) is 17.1. The quantitative estimate of drug-likeness (QED) is 0.858. The lowest BCUT2D eigenvalue weighted by molar-refractivity contribution is 0.168. The van der Waals surface area contributed by atoms with Crippen molar-refractivity contribution in [2.24, 2.45) is 0 Å². The van der Waals surface area contributed by atoms with Crippen LogP contribution in [0.25, 0.3) is 0 Å². The Labute approximate surface area is 126 Å². The monoisotopic (exact) mass is 293 g/mol. The molecule has 20 heavy (non-hydrogen) atoms. The molecule has 0 radical (unpaired) electrons. The highest BCUT2D eigenvalue weighted by Gasteiger charge is 2.25. The highest BCUT2D eigenvalue weighted by molar-refractivity contribution is 7.80. The number of nitrogens with one attached hydrogen (secondary N) is 1. The molecule has 1 aromatic carbocycles. The standard InChI is InChI=1S/C15H23N3OS/c1-4-16-15(20)17(3)10-12-11-18(5-2)13-8-6-7-9-14(13)19-12/h6-9,12H,4-5,10-11H2,1-3H3,(H,16,20)/t12-/m0/s1. The summed E-state index contributed by atoms with van der Waals surface area (Å²) in [6, 6.07) is 8.22. The first-order valence-corrected chi connectivity index (χ1v) is 7.56. The van der Waals surface area contributed by atoms with Gasteiger partial charge in [-0.3, -0.25) is 0 Å². The Morgan fingerprint density at radius 2 is 2.20 bits per heavy atom. The second-order valence-corrected chi connectivity index (χ2v) is 5.35. The maximum Gasteiger partial charge on any atom is 0.168 e. The molecular formula is C15H23N3OS. The summed E-state index contributed by atoms with van der Waals surface area (Å²) in [7, 11) is 2.01. The van der Waals surface area contributed by atoms with Crippen LogP contribution in [0.2, 0.25) is 0 Å². The van der Waals surface area contributed by atoms with Crippen LogP contribution in [-0.2, 0) is 0 Å². The van der Waals surface area contributed by atoms with E-state index in [9.17, 15) is 0 Å². The van der Waals surface area contributed by atoms with Gasteiger partial charge in [0.15, 0.2) is 5.11 Å². The summed E-state index contributed by atoms with van der Waals surface area (Å²) in [4.78, 5) is 4.40. The van der Waals surface area contributed by atoms with Crippen LogP contribution < -0.4 is 15.0 Å². The molecule has 1 atom stereocenters. The fraction of sp³-hybridized carbons (Fsp3) is 0.533. The Hall–Kier alpha value is -1.49. The maximum absolute atomic E-state index is 6.09. The second-order valence-electron chi connectivity index (χ2n) is 4.96. The van der Waals surface area contributed by atoms with E-state index < -0.39 is 0 Å². The molecule has 1 aliphatic heterocycles. The van der Waals surface area contributed by atoms with Crippen molar-refractivity contribution in [2.45, 2.75) is 20.0 Å². The van der Waals surface area contributed by atoms with Gasteiger partial charge >= 0.3 is 0 Å². The summed E-state index contributed by atoms with van der Waals surface area (Å²) in [5, 5.41) is 3.94. The van der Waals surface area contributed by atoms with E-state index in [4.69, 9.17) is 17.0 Å². The molecule has 2 rings (SSSR count). The van der Waals surface area contributed by atoms with Crippen molar-refractivity contribution in [1.82, 2.24) is 10.2 Å². The van der Waals surface area contributed by atoms with Crippen LogP contribution in [-0.4, -0.2) is 49.3 Å². The van der Waals surface area contributed by atoms with E-state index in [-0.39, 0.29) is 6.10 Å². The lowest BCUT2D eigenvalue weighted by atomic mass is 10.2. The molecule has 1 heterocycles. The summed E-state index contributed by atoms with van der Waals surface area (Å²) in [6.07, 6.45) is 0.131. The van der Waals surface area contributed by atoms with Gasteiger partial charge in [0.05, 0.1) is 18.8 Å². The number of likely N-dealkylation sites (N-methyl/N-ethyl adjacent to an activating group) is 2.